The second-order valence-corrected chi connectivity index (χ2v) is 7.07. The van der Waals surface area contributed by atoms with Gasteiger partial charge in [0.1, 0.15) is 5.82 Å². The largest absolute Gasteiger partial charge is 0.480 e. The minimum atomic E-state index is -0.384. The van der Waals surface area contributed by atoms with Crippen molar-refractivity contribution in [3.05, 3.63) is 36.5 Å². The van der Waals surface area contributed by atoms with Crippen molar-refractivity contribution in [3.63, 3.8) is 0 Å². The SMILES string of the molecule is CN1C(=O)COc2cc(Nc3cc4c(cc3F)ncn4CC3CC3)cnc21. The minimum Gasteiger partial charge on any atom is -0.480 e. The van der Waals surface area contributed by atoms with Crippen LogP contribution in [-0.4, -0.2) is 34.1 Å². The van der Waals surface area contributed by atoms with Crippen LogP contribution in [0.5, 0.6) is 5.75 Å². The monoisotopic (exact) mass is 367 g/mol. The molecule has 3 heterocycles. The first-order valence-corrected chi connectivity index (χ1v) is 8.89. The number of hydrogen-bond acceptors (Lipinski definition) is 5. The lowest BCUT2D eigenvalue weighted by Gasteiger charge is -2.25. The van der Waals surface area contributed by atoms with E-state index in [0.717, 1.165) is 12.1 Å². The average Bonchev–Trinajstić information content (AvgIpc) is 3.40. The third-order valence-electron chi connectivity index (χ3n) is 5.02. The number of nitrogens with one attached hydrogen (secondary N) is 1. The standard InChI is InChI=1S/C19H18FN5O2/c1-24-18(26)9-27-17-4-12(7-21-19(17)24)23-14-6-16-15(5-13(14)20)22-10-25(16)8-11-2-3-11/h4-7,10-11,23H,2-3,8-9H2,1H3. The summed E-state index contributed by atoms with van der Waals surface area (Å²) in [4.78, 5) is 21.7. The van der Waals surface area contributed by atoms with Crippen LogP contribution in [0.2, 0.25) is 0 Å². The maximum Gasteiger partial charge on any atom is 0.265 e. The predicted octanol–water partition coefficient (Wildman–Crippen LogP) is 3.08. The Labute approximate surface area is 154 Å². The van der Waals surface area contributed by atoms with Gasteiger partial charge in [-0.3, -0.25) is 9.69 Å². The van der Waals surface area contributed by atoms with Crippen molar-refractivity contribution in [1.82, 2.24) is 14.5 Å². The first-order chi connectivity index (χ1) is 13.1. The molecule has 138 valence electrons. The van der Waals surface area contributed by atoms with Gasteiger partial charge in [0, 0.05) is 25.7 Å². The molecule has 1 amide bonds. The third-order valence-corrected chi connectivity index (χ3v) is 5.02. The molecule has 0 spiro atoms. The number of carbonyl (C=O) groups excluding carboxylic acids is 1. The van der Waals surface area contributed by atoms with Crippen LogP contribution < -0.4 is 15.0 Å². The molecule has 0 saturated heterocycles. The number of carbonyl (C=O) groups is 1. The fourth-order valence-electron chi connectivity index (χ4n) is 3.27. The molecule has 27 heavy (non-hydrogen) atoms. The number of anilines is 3. The molecule has 0 radical (unpaired) electrons. The highest BCUT2D eigenvalue weighted by molar-refractivity contribution is 5.96. The van der Waals surface area contributed by atoms with Gasteiger partial charge >= 0.3 is 0 Å². The highest BCUT2D eigenvalue weighted by Crippen LogP contribution is 2.34. The molecule has 7 nitrogen and oxygen atoms in total. The number of nitrogens with zero attached hydrogens (tertiary/aromatic N) is 4. The Balaban J connectivity index is 1.47. The fraction of sp³-hybridized carbons (Fsp3) is 0.316. The first-order valence-electron chi connectivity index (χ1n) is 8.89. The van der Waals surface area contributed by atoms with Crippen LogP contribution in [0.3, 0.4) is 0 Å². The average molecular weight is 367 g/mol. The zero-order valence-corrected chi connectivity index (χ0v) is 14.8. The van der Waals surface area contributed by atoms with Crippen LogP contribution in [0.4, 0.5) is 21.6 Å². The number of hydrogen-bond donors (Lipinski definition) is 1. The Kier molecular flexibility index (Phi) is 3.53. The number of ether oxygens (including phenoxy) is 1. The highest BCUT2D eigenvalue weighted by atomic mass is 19.1. The molecule has 0 bridgehead atoms. The number of benzene rings is 1. The number of likely N-dealkylation sites (N-methyl/N-ethyl adjacent to an activating group) is 1. The lowest BCUT2D eigenvalue weighted by Crippen LogP contribution is -2.36. The molecular weight excluding hydrogens is 349 g/mol. The first kappa shape index (κ1) is 16.0. The van der Waals surface area contributed by atoms with Crippen LogP contribution in [-0.2, 0) is 11.3 Å². The van der Waals surface area contributed by atoms with Crippen LogP contribution in [0.1, 0.15) is 12.8 Å². The van der Waals surface area contributed by atoms with Crippen molar-refractivity contribution < 1.29 is 13.9 Å². The Hall–Kier alpha value is -3.16. The molecule has 1 aliphatic heterocycles. The van der Waals surface area contributed by atoms with Crippen molar-refractivity contribution in [3.8, 4) is 5.75 Å². The van der Waals surface area contributed by atoms with Gasteiger partial charge in [0.05, 0.1) is 34.9 Å². The number of pyridine rings is 1. The van der Waals surface area contributed by atoms with Gasteiger partial charge in [0.2, 0.25) is 0 Å². The summed E-state index contributed by atoms with van der Waals surface area (Å²) in [5.41, 5.74) is 2.48. The van der Waals surface area contributed by atoms with E-state index < -0.39 is 0 Å². The predicted molar refractivity (Wildman–Crippen MR) is 98.8 cm³/mol. The number of imidazole rings is 1. The van der Waals surface area contributed by atoms with Gasteiger partial charge in [-0.05, 0) is 24.8 Å². The Morgan fingerprint density at radius 3 is 2.96 bits per heavy atom. The summed E-state index contributed by atoms with van der Waals surface area (Å²) in [6.07, 6.45) is 5.81. The van der Waals surface area contributed by atoms with Gasteiger partial charge in [-0.25, -0.2) is 14.4 Å². The van der Waals surface area contributed by atoms with E-state index in [-0.39, 0.29) is 18.3 Å². The molecule has 0 unspecified atom stereocenters. The zero-order chi connectivity index (χ0) is 18.5. The summed E-state index contributed by atoms with van der Waals surface area (Å²) in [7, 11) is 1.65. The van der Waals surface area contributed by atoms with E-state index in [4.69, 9.17) is 4.74 Å². The van der Waals surface area contributed by atoms with Crippen LogP contribution in [0, 0.1) is 11.7 Å². The third kappa shape index (κ3) is 2.87. The minimum absolute atomic E-state index is 0.0324. The summed E-state index contributed by atoms with van der Waals surface area (Å²) in [5, 5.41) is 3.06. The maximum absolute atomic E-state index is 14.5. The molecule has 1 aromatic carbocycles. The Bertz CT molecular complexity index is 1060. The second kappa shape index (κ2) is 5.94. The molecule has 1 aliphatic carbocycles. The van der Waals surface area contributed by atoms with Crippen molar-refractivity contribution in [2.24, 2.45) is 5.92 Å². The molecular formula is C19H18FN5O2. The zero-order valence-electron chi connectivity index (χ0n) is 14.8. The molecule has 1 saturated carbocycles. The molecule has 2 aliphatic rings. The molecule has 8 heteroatoms. The molecule has 3 aromatic rings. The Morgan fingerprint density at radius 1 is 1.30 bits per heavy atom. The van der Waals surface area contributed by atoms with E-state index in [1.165, 1.54) is 23.8 Å². The van der Waals surface area contributed by atoms with Gasteiger partial charge in [0.25, 0.3) is 5.91 Å². The van der Waals surface area contributed by atoms with Gasteiger partial charge in [-0.2, -0.15) is 0 Å². The van der Waals surface area contributed by atoms with Crippen molar-refractivity contribution in [1.29, 1.82) is 0 Å². The number of halogens is 1. The molecule has 2 aromatic heterocycles. The lowest BCUT2D eigenvalue weighted by molar-refractivity contribution is -0.121. The summed E-state index contributed by atoms with van der Waals surface area (Å²) in [6, 6.07) is 4.93. The number of fused-ring (bicyclic) bond motifs is 2. The fourth-order valence-corrected chi connectivity index (χ4v) is 3.27. The second-order valence-electron chi connectivity index (χ2n) is 7.07. The van der Waals surface area contributed by atoms with Crippen LogP contribution in [0.25, 0.3) is 11.0 Å². The van der Waals surface area contributed by atoms with Gasteiger partial charge in [0.15, 0.2) is 18.2 Å². The van der Waals surface area contributed by atoms with E-state index >= 15 is 0 Å². The molecule has 0 atom stereocenters. The number of rotatable bonds is 4. The van der Waals surface area contributed by atoms with Crippen molar-refractivity contribution in [2.75, 3.05) is 23.9 Å². The van der Waals surface area contributed by atoms with Gasteiger partial charge < -0.3 is 14.6 Å². The summed E-state index contributed by atoms with van der Waals surface area (Å²) in [5.74, 6) is 1.10. The van der Waals surface area contributed by atoms with Crippen LogP contribution >= 0.6 is 0 Å². The molecule has 5 rings (SSSR count). The van der Waals surface area contributed by atoms with Crippen molar-refractivity contribution in [2.45, 2.75) is 19.4 Å². The smallest absolute Gasteiger partial charge is 0.265 e. The summed E-state index contributed by atoms with van der Waals surface area (Å²) in [6.45, 7) is 0.880. The topological polar surface area (TPSA) is 72.3 Å². The molecule has 1 fully saturated rings. The van der Waals surface area contributed by atoms with E-state index in [1.54, 1.807) is 31.7 Å². The van der Waals surface area contributed by atoms with Gasteiger partial charge in [-0.15, -0.1) is 0 Å². The molecule has 1 N–H and O–H groups in total. The lowest BCUT2D eigenvalue weighted by atomic mass is 10.2. The van der Waals surface area contributed by atoms with E-state index in [1.807, 2.05) is 0 Å². The van der Waals surface area contributed by atoms with E-state index in [2.05, 4.69) is 19.9 Å². The highest BCUT2D eigenvalue weighted by Gasteiger charge is 2.24. The number of aromatic nitrogens is 3. The van der Waals surface area contributed by atoms with E-state index in [9.17, 15) is 9.18 Å². The number of amides is 1. The van der Waals surface area contributed by atoms with Gasteiger partial charge in [-0.1, -0.05) is 0 Å². The van der Waals surface area contributed by atoms with Crippen molar-refractivity contribution >= 4 is 34.1 Å². The summed E-state index contributed by atoms with van der Waals surface area (Å²) >= 11 is 0. The van der Waals surface area contributed by atoms with E-state index in [0.29, 0.717) is 34.4 Å². The normalized spacial score (nSPS) is 16.4. The quantitative estimate of drug-likeness (QED) is 0.767. The van der Waals surface area contributed by atoms with Crippen LogP contribution in [0.15, 0.2) is 30.7 Å². The maximum atomic E-state index is 14.5. The summed E-state index contributed by atoms with van der Waals surface area (Å²) < 4.78 is 22.0. The Morgan fingerprint density at radius 2 is 2.15 bits per heavy atom.